The van der Waals surface area contributed by atoms with Crippen molar-refractivity contribution in [1.82, 2.24) is 4.98 Å². The lowest BCUT2D eigenvalue weighted by atomic mass is 10.2. The third-order valence-electron chi connectivity index (χ3n) is 2.60. The van der Waals surface area contributed by atoms with Gasteiger partial charge in [0.1, 0.15) is 16.5 Å². The van der Waals surface area contributed by atoms with Crippen LogP contribution in [0, 0.1) is 13.8 Å². The molecule has 3 nitrogen and oxygen atoms in total. The summed E-state index contributed by atoms with van der Waals surface area (Å²) in [6.45, 7) is 5.97. The topological polar surface area (TPSA) is 52.0 Å². The van der Waals surface area contributed by atoms with E-state index in [9.17, 15) is 0 Å². The Morgan fingerprint density at radius 2 is 2.25 bits per heavy atom. The van der Waals surface area contributed by atoms with Crippen molar-refractivity contribution in [1.29, 1.82) is 0 Å². The Morgan fingerprint density at radius 3 is 2.81 bits per heavy atom. The highest BCUT2D eigenvalue weighted by molar-refractivity contribution is 7.10. The molecule has 4 heteroatoms. The molecule has 0 aliphatic carbocycles. The van der Waals surface area contributed by atoms with E-state index in [4.69, 9.17) is 10.2 Å². The molecule has 16 heavy (non-hydrogen) atoms. The molecular weight excluding hydrogens is 220 g/mol. The molecule has 2 rings (SSSR count). The second-order valence-corrected chi connectivity index (χ2v) is 4.80. The van der Waals surface area contributed by atoms with Gasteiger partial charge in [-0.05, 0) is 26.3 Å². The van der Waals surface area contributed by atoms with Gasteiger partial charge >= 0.3 is 0 Å². The normalized spacial score (nSPS) is 13.0. The monoisotopic (exact) mass is 236 g/mol. The zero-order valence-electron chi connectivity index (χ0n) is 9.78. The highest BCUT2D eigenvalue weighted by Gasteiger charge is 2.13. The minimum Gasteiger partial charge on any atom is -0.466 e. The van der Waals surface area contributed by atoms with Gasteiger partial charge in [-0.15, -0.1) is 11.3 Å². The number of thiazole rings is 1. The molecule has 2 aromatic heterocycles. The van der Waals surface area contributed by atoms with Gasteiger partial charge in [-0.1, -0.05) is 6.92 Å². The van der Waals surface area contributed by atoms with Crippen LogP contribution in [0.3, 0.4) is 0 Å². The number of hydrogen-bond donors (Lipinski definition) is 1. The second-order valence-electron chi connectivity index (χ2n) is 3.91. The van der Waals surface area contributed by atoms with Crippen LogP contribution in [0.4, 0.5) is 0 Å². The maximum absolute atomic E-state index is 5.95. The molecule has 0 fully saturated rings. The summed E-state index contributed by atoms with van der Waals surface area (Å²) in [5.74, 6) is 1.83. The van der Waals surface area contributed by atoms with Crippen LogP contribution >= 0.6 is 11.3 Å². The molecule has 86 valence electrons. The first-order valence-electron chi connectivity index (χ1n) is 5.40. The Hall–Kier alpha value is -1.13. The largest absolute Gasteiger partial charge is 0.466 e. The van der Waals surface area contributed by atoms with E-state index in [1.807, 2.05) is 25.3 Å². The van der Waals surface area contributed by atoms with E-state index in [0.717, 1.165) is 34.2 Å². The van der Waals surface area contributed by atoms with Crippen molar-refractivity contribution in [2.24, 2.45) is 5.73 Å². The van der Waals surface area contributed by atoms with Crippen molar-refractivity contribution in [3.63, 3.8) is 0 Å². The van der Waals surface area contributed by atoms with Crippen LogP contribution in [0.5, 0.6) is 0 Å². The molecule has 1 unspecified atom stereocenters. The van der Waals surface area contributed by atoms with Crippen molar-refractivity contribution in [2.45, 2.75) is 33.2 Å². The Bertz CT molecular complexity index is 487. The van der Waals surface area contributed by atoms with Gasteiger partial charge in [0.15, 0.2) is 0 Å². The molecule has 0 saturated carbocycles. The number of aromatic nitrogens is 1. The summed E-state index contributed by atoms with van der Waals surface area (Å²) in [7, 11) is 0. The van der Waals surface area contributed by atoms with E-state index in [0.29, 0.717) is 0 Å². The molecule has 0 aliphatic heterocycles. The van der Waals surface area contributed by atoms with Crippen molar-refractivity contribution >= 4 is 11.3 Å². The number of furan rings is 1. The minimum atomic E-state index is 0.0482. The maximum atomic E-state index is 5.95. The summed E-state index contributed by atoms with van der Waals surface area (Å²) in [4.78, 5) is 4.56. The van der Waals surface area contributed by atoms with Gasteiger partial charge in [-0.2, -0.15) is 0 Å². The highest BCUT2D eigenvalue weighted by Crippen LogP contribution is 2.29. The van der Waals surface area contributed by atoms with Crippen molar-refractivity contribution in [3.05, 3.63) is 28.0 Å². The summed E-state index contributed by atoms with van der Waals surface area (Å²) < 4.78 is 5.50. The van der Waals surface area contributed by atoms with Crippen LogP contribution in [0.2, 0.25) is 0 Å². The lowest BCUT2D eigenvalue weighted by Gasteiger charge is -2.02. The summed E-state index contributed by atoms with van der Waals surface area (Å²) in [5, 5.41) is 3.04. The Labute approximate surface area is 99.3 Å². The van der Waals surface area contributed by atoms with Gasteiger partial charge in [0.2, 0.25) is 0 Å². The van der Waals surface area contributed by atoms with Crippen molar-refractivity contribution in [3.8, 4) is 11.3 Å². The van der Waals surface area contributed by atoms with Gasteiger partial charge < -0.3 is 10.2 Å². The first-order valence-corrected chi connectivity index (χ1v) is 6.28. The number of rotatable bonds is 3. The highest BCUT2D eigenvalue weighted by atomic mass is 32.1. The van der Waals surface area contributed by atoms with E-state index in [2.05, 4.69) is 11.9 Å². The molecule has 0 aromatic carbocycles. The molecule has 1 atom stereocenters. The summed E-state index contributed by atoms with van der Waals surface area (Å²) >= 11 is 1.62. The standard InChI is InChI=1S/C12H16N2OS/c1-4-10(13)12-14-11(6-16-12)9-5-7(2)15-8(9)3/h5-6,10H,4,13H2,1-3H3. The van der Waals surface area contributed by atoms with Crippen LogP contribution in [0.1, 0.15) is 35.9 Å². The first-order chi connectivity index (χ1) is 7.61. The Kier molecular flexibility index (Phi) is 3.12. The molecular formula is C12H16N2OS. The smallest absolute Gasteiger partial charge is 0.110 e. The lowest BCUT2D eigenvalue weighted by Crippen LogP contribution is -2.07. The second kappa shape index (κ2) is 4.39. The van der Waals surface area contributed by atoms with Gasteiger partial charge in [0, 0.05) is 10.9 Å². The first kappa shape index (κ1) is 11.4. The average Bonchev–Trinajstić information content (AvgIpc) is 2.83. The minimum absolute atomic E-state index is 0.0482. The van der Waals surface area contributed by atoms with E-state index >= 15 is 0 Å². The SMILES string of the molecule is CCC(N)c1nc(-c2cc(C)oc2C)cs1. The number of hydrogen-bond acceptors (Lipinski definition) is 4. The molecule has 0 spiro atoms. The molecule has 0 radical (unpaired) electrons. The third-order valence-corrected chi connectivity index (χ3v) is 3.57. The van der Waals surface area contributed by atoms with Gasteiger partial charge in [0.25, 0.3) is 0 Å². The predicted octanol–water partition coefficient (Wildman–Crippen LogP) is 3.43. The number of aryl methyl sites for hydroxylation is 2. The van der Waals surface area contributed by atoms with Gasteiger partial charge in [-0.3, -0.25) is 0 Å². The number of nitrogens with zero attached hydrogens (tertiary/aromatic N) is 1. The molecule has 2 heterocycles. The molecule has 2 aromatic rings. The fourth-order valence-electron chi connectivity index (χ4n) is 1.64. The van der Waals surface area contributed by atoms with Crippen LogP contribution in [0.25, 0.3) is 11.3 Å². The van der Waals surface area contributed by atoms with Crippen molar-refractivity contribution < 1.29 is 4.42 Å². The van der Waals surface area contributed by atoms with Gasteiger partial charge in [0.05, 0.1) is 11.7 Å². The van der Waals surface area contributed by atoms with E-state index < -0.39 is 0 Å². The fourth-order valence-corrected chi connectivity index (χ4v) is 2.55. The molecule has 2 N–H and O–H groups in total. The summed E-state index contributed by atoms with van der Waals surface area (Å²) in [6.07, 6.45) is 0.913. The molecule has 0 bridgehead atoms. The van der Waals surface area contributed by atoms with E-state index in [1.54, 1.807) is 11.3 Å². The quantitative estimate of drug-likeness (QED) is 0.888. The summed E-state index contributed by atoms with van der Waals surface area (Å²) in [6, 6.07) is 2.07. The van der Waals surface area contributed by atoms with E-state index in [-0.39, 0.29) is 6.04 Å². The van der Waals surface area contributed by atoms with Crippen molar-refractivity contribution in [2.75, 3.05) is 0 Å². The molecule has 0 saturated heterocycles. The molecule has 0 aliphatic rings. The fraction of sp³-hybridized carbons (Fsp3) is 0.417. The lowest BCUT2D eigenvalue weighted by molar-refractivity contribution is 0.505. The maximum Gasteiger partial charge on any atom is 0.110 e. The molecule has 0 amide bonds. The Morgan fingerprint density at radius 1 is 1.50 bits per heavy atom. The Balaban J connectivity index is 2.35. The number of nitrogens with two attached hydrogens (primary N) is 1. The van der Waals surface area contributed by atoms with Crippen LogP contribution in [-0.2, 0) is 0 Å². The summed E-state index contributed by atoms with van der Waals surface area (Å²) in [5.41, 5.74) is 8.00. The third kappa shape index (κ3) is 2.03. The van der Waals surface area contributed by atoms with E-state index in [1.165, 1.54) is 0 Å². The zero-order valence-corrected chi connectivity index (χ0v) is 10.6. The van der Waals surface area contributed by atoms with Crippen LogP contribution < -0.4 is 5.73 Å². The van der Waals surface area contributed by atoms with Crippen LogP contribution in [-0.4, -0.2) is 4.98 Å². The zero-order chi connectivity index (χ0) is 11.7. The van der Waals surface area contributed by atoms with Crippen LogP contribution in [0.15, 0.2) is 15.9 Å². The average molecular weight is 236 g/mol. The predicted molar refractivity (Wildman–Crippen MR) is 66.5 cm³/mol. The van der Waals surface area contributed by atoms with Gasteiger partial charge in [-0.25, -0.2) is 4.98 Å².